The van der Waals surface area contributed by atoms with Crippen LogP contribution in [-0.2, 0) is 10.0 Å². The third-order valence-electron chi connectivity index (χ3n) is 5.14. The fourth-order valence-electron chi connectivity index (χ4n) is 3.39. The molecule has 0 saturated carbocycles. The Morgan fingerprint density at radius 3 is 2.57 bits per heavy atom. The van der Waals surface area contributed by atoms with Crippen LogP contribution in [0, 0.1) is 0 Å². The zero-order valence-electron chi connectivity index (χ0n) is 23.9. The Morgan fingerprint density at radius 2 is 1.83 bits per heavy atom. The van der Waals surface area contributed by atoms with Gasteiger partial charge in [0.2, 0.25) is 10.0 Å². The van der Waals surface area contributed by atoms with Crippen LogP contribution >= 0.6 is 11.8 Å². The van der Waals surface area contributed by atoms with Gasteiger partial charge in [0, 0.05) is 66.2 Å². The number of sulfonamides is 1. The topological polar surface area (TPSA) is 43.9 Å². The number of likely N-dealkylation sites (N-methyl/N-ethyl adjacent to an activating group) is 1. The van der Waals surface area contributed by atoms with Crippen molar-refractivity contribution in [2.24, 2.45) is 0 Å². The Bertz CT molecular complexity index is 1320. The number of rotatable bonds is 5. The molecule has 2 heterocycles. The molecule has 0 N–H and O–H groups in total. The lowest BCUT2D eigenvalue weighted by atomic mass is 9.96. The standard InChI is InChI=1S/C23H29N3O2S2/c1-24(2)30(27,28)18-10-11-23-21(17-18)19(20-7-4-5-9-22(20)29-23)8-6-12-26-15-13-25(3)14-16-26/h4-5,7-11,17H,6,12-16H2,1-3H3/b19-8-/i3D3,6D2,12D2. The smallest absolute Gasteiger partial charge is 0.242 e. The van der Waals surface area contributed by atoms with Gasteiger partial charge in [0.1, 0.15) is 0 Å². The number of hydrogen-bond acceptors (Lipinski definition) is 5. The third-order valence-corrected chi connectivity index (χ3v) is 8.10. The van der Waals surface area contributed by atoms with Crippen molar-refractivity contribution in [3.63, 3.8) is 0 Å². The molecule has 0 aliphatic carbocycles. The molecule has 0 amide bonds. The lowest BCUT2D eigenvalue weighted by Gasteiger charge is -2.32. The van der Waals surface area contributed by atoms with Crippen molar-refractivity contribution in [2.75, 3.05) is 53.7 Å². The minimum absolute atomic E-state index is 0.0579. The second kappa shape index (κ2) is 8.85. The predicted molar refractivity (Wildman–Crippen MR) is 124 cm³/mol. The zero-order valence-corrected chi connectivity index (χ0v) is 18.6. The fourth-order valence-corrected chi connectivity index (χ4v) is 5.41. The molecule has 30 heavy (non-hydrogen) atoms. The van der Waals surface area contributed by atoms with Crippen molar-refractivity contribution in [3.05, 3.63) is 59.7 Å². The molecule has 0 spiro atoms. The second-order valence-corrected chi connectivity index (χ2v) is 10.6. The van der Waals surface area contributed by atoms with E-state index in [1.807, 2.05) is 18.2 Å². The van der Waals surface area contributed by atoms with Crippen LogP contribution in [0.3, 0.4) is 0 Å². The minimum atomic E-state index is -3.75. The van der Waals surface area contributed by atoms with Crippen molar-refractivity contribution in [1.82, 2.24) is 14.1 Å². The molecule has 0 atom stereocenters. The van der Waals surface area contributed by atoms with E-state index in [9.17, 15) is 8.42 Å². The van der Waals surface area contributed by atoms with Crippen LogP contribution in [0.2, 0.25) is 0 Å². The molecule has 2 aliphatic rings. The van der Waals surface area contributed by atoms with E-state index in [0.717, 1.165) is 14.1 Å². The summed E-state index contributed by atoms with van der Waals surface area (Å²) in [6.45, 7) is -4.43. The quantitative estimate of drug-likeness (QED) is 0.596. The number of benzene rings is 2. The third kappa shape index (κ3) is 4.36. The summed E-state index contributed by atoms with van der Waals surface area (Å²) in [7, 11) is -0.869. The van der Waals surface area contributed by atoms with Crippen LogP contribution < -0.4 is 0 Å². The van der Waals surface area contributed by atoms with Crippen molar-refractivity contribution in [2.45, 2.75) is 21.1 Å². The van der Waals surface area contributed by atoms with E-state index in [2.05, 4.69) is 0 Å². The van der Waals surface area contributed by atoms with Crippen molar-refractivity contribution in [1.29, 1.82) is 0 Å². The van der Waals surface area contributed by atoms with Crippen LogP contribution in [0.15, 0.2) is 63.2 Å². The maximum absolute atomic E-state index is 12.8. The highest BCUT2D eigenvalue weighted by Gasteiger charge is 2.25. The highest BCUT2D eigenvalue weighted by atomic mass is 32.2. The van der Waals surface area contributed by atoms with Gasteiger partial charge >= 0.3 is 0 Å². The minimum Gasteiger partial charge on any atom is -0.304 e. The molecule has 0 aromatic heterocycles. The van der Waals surface area contributed by atoms with Gasteiger partial charge in [0.05, 0.1) is 4.90 Å². The Hall–Kier alpha value is -1.64. The molecule has 2 aromatic carbocycles. The molecule has 0 radical (unpaired) electrons. The Morgan fingerprint density at radius 1 is 1.10 bits per heavy atom. The number of piperazine rings is 1. The van der Waals surface area contributed by atoms with Crippen molar-refractivity contribution >= 4 is 27.4 Å². The van der Waals surface area contributed by atoms with Crippen LogP contribution in [0.1, 0.15) is 27.1 Å². The Labute approximate surface area is 194 Å². The van der Waals surface area contributed by atoms with Gasteiger partial charge in [0.25, 0.3) is 0 Å². The Balaban J connectivity index is 1.78. The highest BCUT2D eigenvalue weighted by molar-refractivity contribution is 7.99. The molecule has 160 valence electrons. The van der Waals surface area contributed by atoms with E-state index in [0.29, 0.717) is 16.7 Å². The highest BCUT2D eigenvalue weighted by Crippen LogP contribution is 2.46. The summed E-state index contributed by atoms with van der Waals surface area (Å²) < 4.78 is 84.6. The van der Waals surface area contributed by atoms with Gasteiger partial charge in [0.15, 0.2) is 0 Å². The number of nitrogens with zero attached hydrogens (tertiary/aromatic N) is 3. The lowest BCUT2D eigenvalue weighted by Crippen LogP contribution is -2.44. The van der Waals surface area contributed by atoms with Gasteiger partial charge in [-0.2, -0.15) is 0 Å². The average molecular weight is 451 g/mol. The summed E-state index contributed by atoms with van der Waals surface area (Å²) in [5.41, 5.74) is 1.61. The first-order valence-electron chi connectivity index (χ1n) is 13.1. The molecular weight excluding hydrogens is 414 g/mol. The molecule has 0 unspecified atom stereocenters. The lowest BCUT2D eigenvalue weighted by molar-refractivity contribution is 0.156. The summed E-state index contributed by atoms with van der Waals surface area (Å²) in [5.74, 6) is 0. The van der Waals surface area contributed by atoms with E-state index in [-0.39, 0.29) is 31.1 Å². The van der Waals surface area contributed by atoms with Gasteiger partial charge in [-0.25, -0.2) is 12.7 Å². The summed E-state index contributed by atoms with van der Waals surface area (Å²) >= 11 is 1.44. The predicted octanol–water partition coefficient (Wildman–Crippen LogP) is 3.47. The summed E-state index contributed by atoms with van der Waals surface area (Å²) in [6, 6.07) is 12.1. The van der Waals surface area contributed by atoms with Crippen molar-refractivity contribution < 1.29 is 18.0 Å². The summed E-state index contributed by atoms with van der Waals surface area (Å²) in [5, 5.41) is 0. The molecule has 0 bridgehead atoms. The van der Waals surface area contributed by atoms with Gasteiger partial charge in [-0.05, 0) is 54.3 Å². The van der Waals surface area contributed by atoms with E-state index in [1.165, 1.54) is 53.9 Å². The molecule has 2 aromatic rings. The fraction of sp³-hybridized carbons (Fsp3) is 0.391. The maximum Gasteiger partial charge on any atom is 0.242 e. The molecule has 5 nitrogen and oxygen atoms in total. The molecule has 7 heteroatoms. The zero-order chi connectivity index (χ0) is 27.4. The van der Waals surface area contributed by atoms with Gasteiger partial charge in [-0.15, -0.1) is 0 Å². The second-order valence-electron chi connectivity index (χ2n) is 7.33. The molecule has 1 saturated heterocycles. The van der Waals surface area contributed by atoms with Gasteiger partial charge in [-0.1, -0.05) is 36.0 Å². The van der Waals surface area contributed by atoms with E-state index in [1.54, 1.807) is 12.1 Å². The van der Waals surface area contributed by atoms with Gasteiger partial charge < -0.3 is 9.80 Å². The molecule has 1 fully saturated rings. The SMILES string of the molecule is [2H]C([2H])([2H])N1CCN(C([2H])([2H])C([2H])([2H])/C=C2/c3ccccc3Sc3ccc(S(=O)(=O)N(C)C)cc32)CC1. The number of hydrogen-bond donors (Lipinski definition) is 0. The molecule has 2 aliphatic heterocycles. The summed E-state index contributed by atoms with van der Waals surface area (Å²) in [4.78, 5) is 4.28. The van der Waals surface area contributed by atoms with Crippen LogP contribution in [0.4, 0.5) is 0 Å². The normalized spacial score (nSPS) is 24.0. The largest absolute Gasteiger partial charge is 0.304 e. The van der Waals surface area contributed by atoms with E-state index < -0.39 is 29.9 Å². The first kappa shape index (κ1) is 14.4. The molecular formula is C23H29N3O2S2. The van der Waals surface area contributed by atoms with Gasteiger partial charge in [-0.3, -0.25) is 0 Å². The summed E-state index contributed by atoms with van der Waals surface area (Å²) in [6.07, 6.45) is -1.25. The van der Waals surface area contributed by atoms with E-state index in [4.69, 9.17) is 9.60 Å². The first-order valence-corrected chi connectivity index (χ1v) is 11.9. The van der Waals surface area contributed by atoms with Crippen LogP contribution in [0.5, 0.6) is 0 Å². The maximum atomic E-state index is 12.8. The average Bonchev–Trinajstić information content (AvgIpc) is 2.82. The molecule has 4 rings (SSSR count). The van der Waals surface area contributed by atoms with E-state index >= 15 is 0 Å². The monoisotopic (exact) mass is 450 g/mol. The van der Waals surface area contributed by atoms with Crippen LogP contribution in [-0.4, -0.2) is 76.3 Å². The van der Waals surface area contributed by atoms with Crippen LogP contribution in [0.25, 0.3) is 5.57 Å². The Kier molecular flexibility index (Phi) is 4.25. The van der Waals surface area contributed by atoms with Crippen molar-refractivity contribution in [3.8, 4) is 0 Å². The first-order chi connectivity index (χ1) is 17.1. The number of fused-ring (bicyclic) bond motifs is 2.